The highest BCUT2D eigenvalue weighted by molar-refractivity contribution is 4.47. The van der Waals surface area contributed by atoms with Crippen molar-refractivity contribution in [2.75, 3.05) is 7.05 Å². The van der Waals surface area contributed by atoms with Crippen LogP contribution in [0.4, 0.5) is 0 Å². The molecule has 34 valence electrons. The van der Waals surface area contributed by atoms with Crippen LogP contribution in [0.2, 0.25) is 0 Å². The third-order valence-electron chi connectivity index (χ3n) is 0. The molecule has 0 saturated heterocycles. The Morgan fingerprint density at radius 1 is 1.67 bits per heavy atom. The number of terminal acetylenes is 1. The Kier molecular flexibility index (Phi) is 13.4. The van der Waals surface area contributed by atoms with Crippen LogP contribution in [0.1, 0.15) is 0 Å². The average molecular weight is 87.1 g/mol. The summed E-state index contributed by atoms with van der Waals surface area (Å²) in [6.07, 6.45) is 8.00. The van der Waals surface area contributed by atoms with Crippen LogP contribution in [0.3, 0.4) is 0 Å². The predicted octanol–water partition coefficient (Wildman–Crippen LogP) is 0.142. The summed E-state index contributed by atoms with van der Waals surface area (Å²) in [6, 6.07) is 0. The molecule has 0 saturated carbocycles. The molecule has 0 radical (unpaired) electrons. The maximum atomic E-state index is 8.81. The van der Waals surface area contributed by atoms with Crippen molar-refractivity contribution in [3.8, 4) is 12.8 Å². The summed E-state index contributed by atoms with van der Waals surface area (Å²) in [6.45, 7) is 0. The Morgan fingerprint density at radius 2 is 1.67 bits per heavy atom. The van der Waals surface area contributed by atoms with Crippen LogP contribution >= 0.6 is 0 Å². The molecule has 0 N–H and O–H groups in total. The third-order valence-corrected chi connectivity index (χ3v) is 0. The lowest BCUT2D eigenvalue weighted by molar-refractivity contribution is -0.445. The van der Waals surface area contributed by atoms with Crippen molar-refractivity contribution in [1.82, 2.24) is 0 Å². The predicted molar refractivity (Wildman–Crippen MR) is 22.8 cm³/mol. The zero-order valence-corrected chi connectivity index (χ0v) is 3.42. The van der Waals surface area contributed by atoms with Crippen molar-refractivity contribution in [3.05, 3.63) is 10.1 Å². The molecule has 0 unspecified atom stereocenters. The Balaban J connectivity index is 0. The van der Waals surface area contributed by atoms with E-state index in [-0.39, 0.29) is 0 Å². The second-order valence-electron chi connectivity index (χ2n) is 0.440. The van der Waals surface area contributed by atoms with Gasteiger partial charge in [0.05, 0.1) is 0 Å². The maximum absolute atomic E-state index is 8.81. The van der Waals surface area contributed by atoms with Crippen LogP contribution in [0.5, 0.6) is 0 Å². The highest BCUT2D eigenvalue weighted by Crippen LogP contribution is 1.39. The smallest absolute Gasteiger partial charge is 0.194 e. The molecule has 0 atom stereocenters. The molecular formula is C3H5NO2. The zero-order valence-electron chi connectivity index (χ0n) is 3.42. The first-order valence-electron chi connectivity index (χ1n) is 1.15. The quantitative estimate of drug-likeness (QED) is 0.239. The lowest BCUT2D eigenvalue weighted by Gasteiger charge is -1.63. The normalized spacial score (nSPS) is 4.50. The van der Waals surface area contributed by atoms with E-state index in [2.05, 4.69) is 12.8 Å². The second-order valence-corrected chi connectivity index (χ2v) is 0.440. The van der Waals surface area contributed by atoms with Crippen LogP contribution in [0.25, 0.3) is 0 Å². The van der Waals surface area contributed by atoms with Gasteiger partial charge < -0.3 is 0 Å². The molecule has 0 aromatic carbocycles. The van der Waals surface area contributed by atoms with Gasteiger partial charge in [-0.15, -0.1) is 12.8 Å². The van der Waals surface area contributed by atoms with Gasteiger partial charge >= 0.3 is 0 Å². The van der Waals surface area contributed by atoms with Gasteiger partial charge in [-0.05, 0) is 0 Å². The molecule has 0 aliphatic carbocycles. The fourth-order valence-electron chi connectivity index (χ4n) is 0. The lowest BCUT2D eigenvalue weighted by Crippen LogP contribution is -1.79. The van der Waals surface area contributed by atoms with E-state index in [4.69, 9.17) is 10.1 Å². The van der Waals surface area contributed by atoms with Crippen molar-refractivity contribution in [2.24, 2.45) is 0 Å². The van der Waals surface area contributed by atoms with E-state index in [1.165, 1.54) is 0 Å². The Bertz CT molecular complexity index is 53.1. The van der Waals surface area contributed by atoms with Crippen molar-refractivity contribution >= 4 is 0 Å². The van der Waals surface area contributed by atoms with Gasteiger partial charge in [-0.2, -0.15) is 0 Å². The van der Waals surface area contributed by atoms with Gasteiger partial charge in [0.1, 0.15) is 0 Å². The van der Waals surface area contributed by atoms with E-state index in [0.29, 0.717) is 0 Å². The summed E-state index contributed by atoms with van der Waals surface area (Å²) in [5.74, 6) is 0. The largest absolute Gasteiger partial charge is 0.265 e. The first-order valence-corrected chi connectivity index (χ1v) is 1.15. The molecule has 0 spiro atoms. The van der Waals surface area contributed by atoms with Gasteiger partial charge in [-0.3, -0.25) is 10.1 Å². The average Bonchev–Trinajstić information content (AvgIpc) is 1.41. The summed E-state index contributed by atoms with van der Waals surface area (Å²) >= 11 is 0. The van der Waals surface area contributed by atoms with Crippen molar-refractivity contribution in [3.63, 3.8) is 0 Å². The molecule has 0 aromatic heterocycles. The van der Waals surface area contributed by atoms with Gasteiger partial charge in [0, 0.05) is 4.92 Å². The number of hydrogen-bond acceptors (Lipinski definition) is 2. The van der Waals surface area contributed by atoms with Gasteiger partial charge in [0.2, 0.25) is 0 Å². The molecule has 3 heteroatoms. The summed E-state index contributed by atoms with van der Waals surface area (Å²) in [4.78, 5) is 8.31. The number of nitrogens with zero attached hydrogens (tertiary/aromatic N) is 1. The topological polar surface area (TPSA) is 43.1 Å². The number of nitro groups is 1. The Hall–Kier alpha value is -1.04. The standard InChI is InChI=1S/C2H2.CH3NO2/c1-2;1-2(3)4/h1-2H;1H3. The van der Waals surface area contributed by atoms with Gasteiger partial charge in [-0.25, -0.2) is 0 Å². The maximum Gasteiger partial charge on any atom is 0.194 e. The van der Waals surface area contributed by atoms with Crippen LogP contribution in [-0.4, -0.2) is 12.0 Å². The van der Waals surface area contributed by atoms with E-state index in [9.17, 15) is 0 Å². The lowest BCUT2D eigenvalue weighted by atomic mass is 11.4. The van der Waals surface area contributed by atoms with Crippen LogP contribution in [-0.2, 0) is 0 Å². The van der Waals surface area contributed by atoms with Gasteiger partial charge in [0.15, 0.2) is 7.05 Å². The summed E-state index contributed by atoms with van der Waals surface area (Å²) in [5, 5.41) is 8.81. The molecule has 0 rings (SSSR count). The molecular weight excluding hydrogens is 82.0 g/mol. The first kappa shape index (κ1) is 8.88. The van der Waals surface area contributed by atoms with Gasteiger partial charge in [-0.1, -0.05) is 0 Å². The van der Waals surface area contributed by atoms with E-state index < -0.39 is 4.92 Å². The van der Waals surface area contributed by atoms with Crippen molar-refractivity contribution in [2.45, 2.75) is 0 Å². The zero-order chi connectivity index (χ0) is 5.58. The fourth-order valence-corrected chi connectivity index (χ4v) is 0. The number of rotatable bonds is 0. The van der Waals surface area contributed by atoms with Gasteiger partial charge in [0.25, 0.3) is 0 Å². The molecule has 0 amide bonds. The summed E-state index contributed by atoms with van der Waals surface area (Å²) in [7, 11) is 0.889. The fraction of sp³-hybridized carbons (Fsp3) is 0.333. The second kappa shape index (κ2) is 9.03. The summed E-state index contributed by atoms with van der Waals surface area (Å²) < 4.78 is 0. The van der Waals surface area contributed by atoms with Crippen molar-refractivity contribution in [1.29, 1.82) is 0 Å². The molecule has 3 nitrogen and oxygen atoms in total. The molecule has 0 bridgehead atoms. The third kappa shape index (κ3) is 10.5. The minimum atomic E-state index is -0.500. The molecule has 0 aliphatic rings. The highest BCUT2D eigenvalue weighted by atomic mass is 16.6. The number of hydrogen-bond donors (Lipinski definition) is 0. The minimum Gasteiger partial charge on any atom is -0.265 e. The molecule has 6 heavy (non-hydrogen) atoms. The van der Waals surface area contributed by atoms with Crippen molar-refractivity contribution < 1.29 is 4.92 Å². The monoisotopic (exact) mass is 87.0 g/mol. The van der Waals surface area contributed by atoms with E-state index >= 15 is 0 Å². The minimum absolute atomic E-state index is 0.500. The van der Waals surface area contributed by atoms with Crippen LogP contribution in [0, 0.1) is 23.0 Å². The molecule has 0 aliphatic heterocycles. The van der Waals surface area contributed by atoms with Crippen LogP contribution in [0.15, 0.2) is 0 Å². The van der Waals surface area contributed by atoms with E-state index in [1.807, 2.05) is 0 Å². The van der Waals surface area contributed by atoms with E-state index in [1.54, 1.807) is 0 Å². The molecule has 0 fully saturated rings. The summed E-state index contributed by atoms with van der Waals surface area (Å²) in [5.41, 5.74) is 0. The molecule has 0 heterocycles. The first-order chi connectivity index (χ1) is 2.73. The Morgan fingerprint density at radius 3 is 1.67 bits per heavy atom. The highest BCUT2D eigenvalue weighted by Gasteiger charge is 1.57. The van der Waals surface area contributed by atoms with Crippen LogP contribution < -0.4 is 0 Å². The Labute approximate surface area is 36.1 Å². The van der Waals surface area contributed by atoms with E-state index in [0.717, 1.165) is 7.05 Å². The SMILES string of the molecule is C#C.C[N+](=O)[O-]. The molecule has 0 aromatic rings.